The van der Waals surface area contributed by atoms with Crippen molar-refractivity contribution >= 4 is 18.7 Å². The van der Waals surface area contributed by atoms with E-state index in [0.717, 1.165) is 12.2 Å². The van der Waals surface area contributed by atoms with Crippen LogP contribution < -0.4 is 15.1 Å². The van der Waals surface area contributed by atoms with Gasteiger partial charge < -0.3 is 61.3 Å². The molecule has 0 aliphatic carbocycles. The fraction of sp³-hybridized carbons (Fsp3) is 0.673. The summed E-state index contributed by atoms with van der Waals surface area (Å²) in [4.78, 5) is 0. The topological polar surface area (TPSA) is 120 Å². The van der Waals surface area contributed by atoms with Crippen LogP contribution >= 0.6 is 0 Å². The van der Waals surface area contributed by atoms with E-state index in [1.165, 1.54) is 60.9 Å². The van der Waals surface area contributed by atoms with E-state index in [-0.39, 0.29) is 5.04 Å². The summed E-state index contributed by atoms with van der Waals surface area (Å²) in [6.45, 7) is 21.3. The highest BCUT2D eigenvalue weighted by molar-refractivity contribution is 6.99. The fourth-order valence-corrected chi connectivity index (χ4v) is 12.1. The first-order valence-corrected chi connectivity index (χ1v) is 27.7. The zero-order valence-electron chi connectivity index (χ0n) is 43.0. The molecule has 3 aromatic rings. The molecule has 0 unspecified atom stereocenters. The van der Waals surface area contributed by atoms with Crippen molar-refractivity contribution in [2.45, 2.75) is 84.1 Å². The van der Waals surface area contributed by atoms with E-state index in [9.17, 15) is 0 Å². The number of unbranched alkanes of at least 4 members (excludes halogenated alkanes) is 6. The Kier molecular flexibility index (Phi) is 36.6. The van der Waals surface area contributed by atoms with Crippen molar-refractivity contribution in [2.75, 3.05) is 159 Å². The molecule has 0 atom stereocenters. The lowest BCUT2D eigenvalue weighted by Gasteiger charge is -2.43. The largest absolute Gasteiger partial charge is 0.491 e. The third-order valence-electron chi connectivity index (χ3n) is 11.2. The minimum absolute atomic E-state index is 0.0603. The summed E-state index contributed by atoms with van der Waals surface area (Å²) in [5.74, 6) is 0.885. The first kappa shape index (κ1) is 60.5. The first-order chi connectivity index (χ1) is 34.0. The van der Waals surface area contributed by atoms with Gasteiger partial charge in [-0.25, -0.2) is 0 Å². The Labute approximate surface area is 417 Å². The lowest BCUT2D eigenvalue weighted by molar-refractivity contribution is -0.0279. The Hall–Kier alpha value is -2.80. The minimum atomic E-state index is -2.55. The molecule has 0 saturated heterocycles. The van der Waals surface area contributed by atoms with Crippen LogP contribution in [-0.4, -0.2) is 167 Å². The highest BCUT2D eigenvalue weighted by atomic mass is 28.4. The van der Waals surface area contributed by atoms with Crippen LogP contribution in [0.4, 0.5) is 0 Å². The summed E-state index contributed by atoms with van der Waals surface area (Å²) in [6, 6.07) is 29.8. The summed E-state index contributed by atoms with van der Waals surface area (Å²) in [5.41, 5.74) is 1.38. The van der Waals surface area contributed by atoms with E-state index in [1.54, 1.807) is 0 Å². The highest BCUT2D eigenvalue weighted by Crippen LogP contribution is 2.36. The zero-order chi connectivity index (χ0) is 49.0. The van der Waals surface area contributed by atoms with E-state index < -0.39 is 8.32 Å². The third kappa shape index (κ3) is 29.3. The van der Waals surface area contributed by atoms with E-state index in [4.69, 9.17) is 61.3 Å². The molecule has 0 aliphatic rings. The number of benzene rings is 3. The number of hydrogen-bond acceptors (Lipinski definition) is 13. The zero-order valence-corrected chi connectivity index (χ0v) is 44.0. The third-order valence-corrected chi connectivity index (χ3v) is 16.2. The van der Waals surface area contributed by atoms with Gasteiger partial charge in [0.25, 0.3) is 8.32 Å². The van der Waals surface area contributed by atoms with Gasteiger partial charge >= 0.3 is 0 Å². The summed E-state index contributed by atoms with van der Waals surface area (Å²) in [5, 5.41) is 2.47. The predicted octanol–water partition coefficient (Wildman–Crippen LogP) is 8.12. The maximum atomic E-state index is 6.86. The molecular formula is C55H90O13Si. The number of hydrogen-bond donors (Lipinski definition) is 0. The second kappa shape index (κ2) is 41.8. The van der Waals surface area contributed by atoms with Gasteiger partial charge in [-0.15, -0.1) is 0 Å². The second-order valence-corrected chi connectivity index (χ2v) is 21.9. The molecule has 0 radical (unpaired) electrons. The summed E-state index contributed by atoms with van der Waals surface area (Å²) >= 11 is 0. The average Bonchev–Trinajstić information content (AvgIpc) is 3.36. The predicted molar refractivity (Wildman–Crippen MR) is 276 cm³/mol. The lowest BCUT2D eigenvalue weighted by Crippen LogP contribution is -2.66. The molecule has 0 N–H and O–H groups in total. The van der Waals surface area contributed by atoms with E-state index >= 15 is 0 Å². The molecule has 0 amide bonds. The van der Waals surface area contributed by atoms with Gasteiger partial charge in [-0.05, 0) is 45.9 Å². The second-order valence-electron chi connectivity index (χ2n) is 17.6. The molecule has 0 spiro atoms. The van der Waals surface area contributed by atoms with Crippen LogP contribution in [0.1, 0.15) is 78.2 Å². The van der Waals surface area contributed by atoms with Crippen molar-refractivity contribution in [2.24, 2.45) is 0 Å². The number of ether oxygens (including phenoxy) is 12. The molecule has 0 heterocycles. The van der Waals surface area contributed by atoms with Gasteiger partial charge in [0.15, 0.2) is 0 Å². The Bertz CT molecular complexity index is 1510. The van der Waals surface area contributed by atoms with Crippen LogP contribution in [-0.2, 0) is 63.0 Å². The van der Waals surface area contributed by atoms with Gasteiger partial charge in [0, 0.05) is 0 Å². The summed E-state index contributed by atoms with van der Waals surface area (Å²) in [6.07, 6.45) is 10.5. The normalized spacial score (nSPS) is 12.0. The maximum absolute atomic E-state index is 6.86. The fourth-order valence-electron chi connectivity index (χ4n) is 7.57. The quantitative estimate of drug-likeness (QED) is 0.0401. The summed E-state index contributed by atoms with van der Waals surface area (Å²) < 4.78 is 74.4. The maximum Gasteiger partial charge on any atom is 0.261 e. The Morgan fingerprint density at radius 2 is 0.638 bits per heavy atom. The van der Waals surface area contributed by atoms with Crippen LogP contribution in [0.15, 0.2) is 84.9 Å². The van der Waals surface area contributed by atoms with Gasteiger partial charge in [0.1, 0.15) is 12.4 Å². The number of aryl methyl sites for hydroxylation is 1. The number of rotatable bonds is 48. The van der Waals surface area contributed by atoms with Crippen LogP contribution in [0, 0.1) is 0 Å². The van der Waals surface area contributed by atoms with Crippen molar-refractivity contribution in [3.63, 3.8) is 0 Å². The van der Waals surface area contributed by atoms with Gasteiger partial charge in [-0.1, -0.05) is 139 Å². The van der Waals surface area contributed by atoms with Crippen LogP contribution in [0.3, 0.4) is 0 Å². The molecule has 0 aliphatic heterocycles. The van der Waals surface area contributed by atoms with Crippen molar-refractivity contribution in [3.05, 3.63) is 90.5 Å². The minimum Gasteiger partial charge on any atom is -0.491 e. The van der Waals surface area contributed by atoms with Crippen molar-refractivity contribution in [1.82, 2.24) is 0 Å². The Balaban J connectivity index is 0.959. The van der Waals surface area contributed by atoms with Crippen molar-refractivity contribution < 1.29 is 61.3 Å². The molecule has 69 heavy (non-hydrogen) atoms. The molecule has 14 heteroatoms. The van der Waals surface area contributed by atoms with Gasteiger partial charge in [-0.3, -0.25) is 0 Å². The Morgan fingerprint density at radius 3 is 0.971 bits per heavy atom. The van der Waals surface area contributed by atoms with Crippen molar-refractivity contribution in [3.8, 4) is 5.75 Å². The van der Waals surface area contributed by atoms with Crippen LogP contribution in [0.25, 0.3) is 0 Å². The molecule has 13 nitrogen and oxygen atoms in total. The van der Waals surface area contributed by atoms with E-state index in [2.05, 4.69) is 113 Å². The van der Waals surface area contributed by atoms with E-state index in [1.807, 2.05) is 0 Å². The Morgan fingerprint density at radius 1 is 0.333 bits per heavy atom. The molecule has 3 rings (SSSR count). The van der Waals surface area contributed by atoms with Crippen LogP contribution in [0.5, 0.6) is 5.75 Å². The molecule has 0 fully saturated rings. The molecule has 392 valence electrons. The molecule has 3 aromatic carbocycles. The summed E-state index contributed by atoms with van der Waals surface area (Å²) in [7, 11) is -2.55. The molecular weight excluding hydrogens is 897 g/mol. The monoisotopic (exact) mass is 987 g/mol. The standard InChI is InChI=1S/C55H90O13Si/c1-5-6-7-8-9-10-13-18-51-23-25-52(26-24-51)67-49-47-65-45-43-63-41-39-61-37-35-59-33-31-57-29-27-56-28-30-58-32-34-60-36-38-62-40-42-64-44-46-66-48-50-68-69(55(2,3)4,53-19-14-11-15-20-53)54-21-16-12-17-22-54/h11-12,14-17,19-26H,5-10,13,18,27-50H2,1-4H3. The highest BCUT2D eigenvalue weighted by Gasteiger charge is 2.50. The molecule has 0 saturated carbocycles. The SMILES string of the molecule is CCCCCCCCCc1ccc(OCCOCCOCCOCCOCCOCCOCCOCCOCCOCCOCCOCCO[Si](c2ccccc2)(c2ccccc2)C(C)(C)C)cc1. The van der Waals surface area contributed by atoms with E-state index in [0.29, 0.717) is 159 Å². The van der Waals surface area contributed by atoms with Crippen LogP contribution in [0.2, 0.25) is 5.04 Å². The first-order valence-electron chi connectivity index (χ1n) is 25.8. The molecule has 0 bridgehead atoms. The smallest absolute Gasteiger partial charge is 0.261 e. The average molecular weight is 987 g/mol. The van der Waals surface area contributed by atoms with Crippen molar-refractivity contribution in [1.29, 1.82) is 0 Å². The van der Waals surface area contributed by atoms with Gasteiger partial charge in [0.2, 0.25) is 0 Å². The lowest BCUT2D eigenvalue weighted by atomic mass is 10.0. The van der Waals surface area contributed by atoms with Gasteiger partial charge in [-0.2, -0.15) is 0 Å². The molecule has 0 aromatic heterocycles. The van der Waals surface area contributed by atoms with Gasteiger partial charge in [0.05, 0.1) is 152 Å².